The molecular formula is C26H25ClN4O4S. The number of nitrogens with zero attached hydrogens (tertiary/aromatic N) is 3. The highest BCUT2D eigenvalue weighted by molar-refractivity contribution is 7.99. The first-order valence-corrected chi connectivity index (χ1v) is 12.5. The van der Waals surface area contributed by atoms with Crippen molar-refractivity contribution < 1.29 is 19.0 Å². The van der Waals surface area contributed by atoms with Gasteiger partial charge in [0, 0.05) is 35.1 Å². The predicted molar refractivity (Wildman–Crippen MR) is 142 cm³/mol. The predicted octanol–water partition coefficient (Wildman–Crippen LogP) is 5.73. The number of ether oxygens (including phenoxy) is 3. The molecule has 3 aromatic carbocycles. The quantitative estimate of drug-likeness (QED) is 0.265. The van der Waals surface area contributed by atoms with Crippen LogP contribution in [0.2, 0.25) is 5.02 Å². The fourth-order valence-corrected chi connectivity index (χ4v) is 4.45. The fraction of sp³-hybridized carbons (Fsp3) is 0.192. The number of anilines is 1. The maximum atomic E-state index is 12.8. The van der Waals surface area contributed by atoms with Gasteiger partial charge in [0.25, 0.3) is 0 Å². The summed E-state index contributed by atoms with van der Waals surface area (Å²) in [7, 11) is 3.11. The lowest BCUT2D eigenvalue weighted by Gasteiger charge is -2.12. The van der Waals surface area contributed by atoms with Crippen LogP contribution in [0.25, 0.3) is 17.1 Å². The average molecular weight is 525 g/mol. The number of carbonyl (C=O) groups is 1. The minimum Gasteiger partial charge on any atom is -0.497 e. The van der Waals surface area contributed by atoms with E-state index < -0.39 is 0 Å². The Hall–Kier alpha value is -3.69. The fourth-order valence-electron chi connectivity index (χ4n) is 3.48. The second-order valence-electron chi connectivity index (χ2n) is 7.49. The lowest BCUT2D eigenvalue weighted by Crippen LogP contribution is -2.14. The number of methoxy groups -OCH3 is 2. The van der Waals surface area contributed by atoms with Gasteiger partial charge >= 0.3 is 0 Å². The third kappa shape index (κ3) is 5.92. The molecule has 1 heterocycles. The summed E-state index contributed by atoms with van der Waals surface area (Å²) in [6, 6.07) is 20.2. The van der Waals surface area contributed by atoms with Crippen LogP contribution in [0.4, 0.5) is 5.69 Å². The molecule has 36 heavy (non-hydrogen) atoms. The zero-order chi connectivity index (χ0) is 25.5. The summed E-state index contributed by atoms with van der Waals surface area (Å²) in [4.78, 5) is 12.8. The van der Waals surface area contributed by atoms with Crippen LogP contribution in [0.1, 0.15) is 6.92 Å². The van der Waals surface area contributed by atoms with Gasteiger partial charge in [-0.05, 0) is 43.3 Å². The van der Waals surface area contributed by atoms with E-state index in [9.17, 15) is 4.79 Å². The number of hydrogen-bond acceptors (Lipinski definition) is 7. The zero-order valence-electron chi connectivity index (χ0n) is 20.0. The second-order valence-corrected chi connectivity index (χ2v) is 8.84. The van der Waals surface area contributed by atoms with Gasteiger partial charge in [-0.2, -0.15) is 0 Å². The number of thioether (sulfide) groups is 1. The van der Waals surface area contributed by atoms with Crippen molar-refractivity contribution in [3.63, 3.8) is 0 Å². The van der Waals surface area contributed by atoms with Gasteiger partial charge < -0.3 is 19.5 Å². The van der Waals surface area contributed by atoms with Crippen LogP contribution in [-0.4, -0.2) is 47.3 Å². The van der Waals surface area contributed by atoms with Gasteiger partial charge in [0.15, 0.2) is 11.0 Å². The SMILES string of the molecule is CCOc1ccc(-n2c(SCC(=O)Nc3cc(OC)cc(OC)c3)nnc2-c2ccccc2Cl)cc1. The Labute approximate surface area is 218 Å². The highest BCUT2D eigenvalue weighted by atomic mass is 35.5. The number of carbonyl (C=O) groups excluding carboxylic acids is 1. The molecule has 0 fully saturated rings. The minimum absolute atomic E-state index is 0.108. The Kier molecular flexibility index (Phi) is 8.35. The van der Waals surface area contributed by atoms with E-state index in [1.165, 1.54) is 11.8 Å². The molecule has 0 saturated heterocycles. The van der Waals surface area contributed by atoms with Gasteiger partial charge in [0.2, 0.25) is 5.91 Å². The van der Waals surface area contributed by atoms with E-state index in [2.05, 4.69) is 15.5 Å². The van der Waals surface area contributed by atoms with E-state index in [1.54, 1.807) is 38.5 Å². The summed E-state index contributed by atoms with van der Waals surface area (Å²) in [5.41, 5.74) is 2.13. The van der Waals surface area contributed by atoms with Gasteiger partial charge in [0.05, 0.1) is 31.6 Å². The summed E-state index contributed by atoms with van der Waals surface area (Å²) in [6.45, 7) is 2.51. The summed E-state index contributed by atoms with van der Waals surface area (Å²) in [5, 5.41) is 12.7. The molecule has 0 bridgehead atoms. The number of nitrogens with one attached hydrogen (secondary N) is 1. The van der Waals surface area contributed by atoms with Crippen molar-refractivity contribution in [1.29, 1.82) is 0 Å². The summed E-state index contributed by atoms with van der Waals surface area (Å²) >= 11 is 7.73. The van der Waals surface area contributed by atoms with E-state index in [1.807, 2.05) is 54.0 Å². The number of amides is 1. The van der Waals surface area contributed by atoms with Crippen molar-refractivity contribution in [3.8, 4) is 34.3 Å². The van der Waals surface area contributed by atoms with E-state index in [0.717, 1.165) is 17.0 Å². The Morgan fingerprint density at radius 1 is 0.972 bits per heavy atom. The van der Waals surface area contributed by atoms with Crippen molar-refractivity contribution in [2.45, 2.75) is 12.1 Å². The number of rotatable bonds is 10. The molecule has 186 valence electrons. The lowest BCUT2D eigenvalue weighted by atomic mass is 10.2. The van der Waals surface area contributed by atoms with Crippen LogP contribution in [0.3, 0.4) is 0 Å². The molecule has 10 heteroatoms. The molecule has 1 amide bonds. The van der Waals surface area contributed by atoms with Crippen LogP contribution in [-0.2, 0) is 4.79 Å². The molecule has 0 unspecified atom stereocenters. The third-order valence-corrected chi connectivity index (χ3v) is 6.38. The smallest absolute Gasteiger partial charge is 0.234 e. The van der Waals surface area contributed by atoms with Gasteiger partial charge in [-0.1, -0.05) is 35.5 Å². The summed E-state index contributed by atoms with van der Waals surface area (Å²) in [6.07, 6.45) is 0. The molecule has 0 atom stereocenters. The van der Waals surface area contributed by atoms with Crippen molar-refractivity contribution in [3.05, 3.63) is 71.8 Å². The number of benzene rings is 3. The average Bonchev–Trinajstić information content (AvgIpc) is 3.31. The van der Waals surface area contributed by atoms with Crippen molar-refractivity contribution in [1.82, 2.24) is 14.8 Å². The molecular weight excluding hydrogens is 500 g/mol. The second kappa shape index (κ2) is 11.8. The van der Waals surface area contributed by atoms with E-state index in [4.69, 9.17) is 25.8 Å². The molecule has 4 aromatic rings. The van der Waals surface area contributed by atoms with Crippen LogP contribution < -0.4 is 19.5 Å². The van der Waals surface area contributed by atoms with Crippen molar-refractivity contribution in [2.24, 2.45) is 0 Å². The third-order valence-electron chi connectivity index (χ3n) is 5.12. The zero-order valence-corrected chi connectivity index (χ0v) is 21.6. The lowest BCUT2D eigenvalue weighted by molar-refractivity contribution is -0.113. The monoisotopic (exact) mass is 524 g/mol. The van der Waals surface area contributed by atoms with Crippen LogP contribution in [0.5, 0.6) is 17.2 Å². The molecule has 0 spiro atoms. The molecule has 0 aliphatic heterocycles. The Morgan fingerprint density at radius 2 is 1.67 bits per heavy atom. The van der Waals surface area contributed by atoms with E-state index >= 15 is 0 Å². The van der Waals surface area contributed by atoms with Gasteiger partial charge in [0.1, 0.15) is 17.2 Å². The van der Waals surface area contributed by atoms with Gasteiger partial charge in [-0.25, -0.2) is 0 Å². The molecule has 8 nitrogen and oxygen atoms in total. The number of aromatic nitrogens is 3. The Balaban J connectivity index is 1.60. The van der Waals surface area contributed by atoms with Gasteiger partial charge in [-0.3, -0.25) is 9.36 Å². The molecule has 1 N–H and O–H groups in total. The topological polar surface area (TPSA) is 87.5 Å². The molecule has 0 saturated carbocycles. The number of hydrogen-bond donors (Lipinski definition) is 1. The molecule has 0 aliphatic carbocycles. The normalized spacial score (nSPS) is 10.7. The van der Waals surface area contributed by atoms with Crippen molar-refractivity contribution >= 4 is 35.0 Å². The van der Waals surface area contributed by atoms with Crippen LogP contribution >= 0.6 is 23.4 Å². The minimum atomic E-state index is -0.212. The molecule has 0 radical (unpaired) electrons. The highest BCUT2D eigenvalue weighted by Crippen LogP contribution is 2.33. The maximum Gasteiger partial charge on any atom is 0.234 e. The largest absolute Gasteiger partial charge is 0.497 e. The summed E-state index contributed by atoms with van der Waals surface area (Å²) in [5.74, 6) is 2.39. The first-order chi connectivity index (χ1) is 17.5. The molecule has 1 aromatic heterocycles. The standard InChI is InChI=1S/C26H25ClN4O4S/c1-4-35-19-11-9-18(10-12-19)31-25(22-7-5-6-8-23(22)27)29-30-26(31)36-16-24(32)28-17-13-20(33-2)15-21(14-17)34-3/h5-15H,4,16H2,1-3H3,(H,28,32). The van der Waals surface area contributed by atoms with Crippen LogP contribution in [0, 0.1) is 0 Å². The Bertz CT molecular complexity index is 1320. The van der Waals surface area contributed by atoms with E-state index in [-0.39, 0.29) is 11.7 Å². The first kappa shape index (κ1) is 25.4. The molecule has 4 rings (SSSR count). The highest BCUT2D eigenvalue weighted by Gasteiger charge is 2.19. The van der Waals surface area contributed by atoms with Gasteiger partial charge in [-0.15, -0.1) is 10.2 Å². The maximum absolute atomic E-state index is 12.8. The van der Waals surface area contributed by atoms with E-state index in [0.29, 0.717) is 39.8 Å². The Morgan fingerprint density at radius 3 is 2.31 bits per heavy atom. The summed E-state index contributed by atoms with van der Waals surface area (Å²) < 4.78 is 18.0. The molecule has 0 aliphatic rings. The first-order valence-electron chi connectivity index (χ1n) is 11.1. The number of halogens is 1. The van der Waals surface area contributed by atoms with Crippen LogP contribution in [0.15, 0.2) is 71.9 Å². The van der Waals surface area contributed by atoms with Crippen molar-refractivity contribution in [2.75, 3.05) is 31.9 Å².